The van der Waals surface area contributed by atoms with Gasteiger partial charge in [0.25, 0.3) is 23.4 Å². The highest BCUT2D eigenvalue weighted by molar-refractivity contribution is 6.09. The predicted octanol–water partition coefficient (Wildman–Crippen LogP) is 3.32. The number of hydrazine groups is 1. The average Bonchev–Trinajstić information content (AvgIpc) is 3.06. The molecule has 0 unspecified atom stereocenters. The van der Waals surface area contributed by atoms with Gasteiger partial charge in [-0.3, -0.25) is 29.3 Å². The number of halogens is 1. The number of Topliss-reactive ketones (excluding diaryl/α,β-unsaturated/α-hetero) is 1. The van der Waals surface area contributed by atoms with Crippen LogP contribution in [0.2, 0.25) is 0 Å². The van der Waals surface area contributed by atoms with Crippen LogP contribution in [0.5, 0.6) is 0 Å². The van der Waals surface area contributed by atoms with Crippen molar-refractivity contribution >= 4 is 29.2 Å². The third-order valence-electron chi connectivity index (χ3n) is 6.06. The van der Waals surface area contributed by atoms with Crippen molar-refractivity contribution in [2.75, 3.05) is 6.54 Å². The van der Waals surface area contributed by atoms with Crippen LogP contribution in [0.1, 0.15) is 40.5 Å². The molecule has 174 valence electrons. The van der Waals surface area contributed by atoms with Crippen molar-refractivity contribution < 1.29 is 28.5 Å². The smallest absolute Gasteiger partial charge is 0.273 e. The molecule has 1 aliphatic carbocycles. The average molecular weight is 465 g/mol. The van der Waals surface area contributed by atoms with E-state index in [2.05, 4.69) is 0 Å². The second-order valence-corrected chi connectivity index (χ2v) is 8.29. The first kappa shape index (κ1) is 23.0. The van der Waals surface area contributed by atoms with Crippen LogP contribution in [0.15, 0.2) is 60.2 Å². The maximum atomic E-state index is 13.4. The Morgan fingerprint density at radius 2 is 1.62 bits per heavy atom. The number of hydrogen-bond donors (Lipinski definition) is 0. The second kappa shape index (κ2) is 8.97. The topological polar surface area (TPSA) is 118 Å². The van der Waals surface area contributed by atoms with Crippen LogP contribution in [0.4, 0.5) is 10.1 Å². The molecule has 0 aromatic heterocycles. The molecule has 1 fully saturated rings. The van der Waals surface area contributed by atoms with Gasteiger partial charge < -0.3 is 0 Å². The summed E-state index contributed by atoms with van der Waals surface area (Å²) in [5.41, 5.74) is 0.769. The lowest BCUT2D eigenvalue weighted by Gasteiger charge is -2.30. The number of carbonyl (C=O) groups excluding carboxylic acids is 4. The molecular formula is C24H20FN3O6. The fourth-order valence-corrected chi connectivity index (χ4v) is 4.23. The molecule has 3 amide bonds. The van der Waals surface area contributed by atoms with Crippen LogP contribution in [0, 0.1) is 27.8 Å². The maximum Gasteiger partial charge on any atom is 0.273 e. The lowest BCUT2D eigenvalue weighted by atomic mass is 9.82. The van der Waals surface area contributed by atoms with Crippen molar-refractivity contribution in [2.45, 2.75) is 19.8 Å². The van der Waals surface area contributed by atoms with Crippen molar-refractivity contribution in [3.8, 4) is 0 Å². The fraction of sp³-hybridized carbons (Fsp3) is 0.250. The number of hydrogen-bond acceptors (Lipinski definition) is 6. The number of imide groups is 1. The van der Waals surface area contributed by atoms with E-state index in [1.54, 1.807) is 0 Å². The summed E-state index contributed by atoms with van der Waals surface area (Å²) < 4.78 is 13.3. The highest BCUT2D eigenvalue weighted by Gasteiger charge is 2.51. The molecular weight excluding hydrogens is 445 g/mol. The Hall–Kier alpha value is -4.21. The molecule has 1 heterocycles. The molecule has 2 aromatic carbocycles. The Kier molecular flexibility index (Phi) is 6.06. The summed E-state index contributed by atoms with van der Waals surface area (Å²) in [6.07, 6.45) is 2.60. The summed E-state index contributed by atoms with van der Waals surface area (Å²) in [6, 6.07) is 9.29. The molecule has 0 N–H and O–H groups in total. The standard InChI is InChI=1S/C24H20FN3O6/c1-14-2-11-19-20(12-14)24(32)27(23(19)31)26(13-21(29)15-3-7-17(25)8-4-15)22(30)16-5-9-18(10-6-16)28(33)34/h2-10,19-20H,11-13H2,1H3/t19-,20+/m0/s1. The Bertz CT molecular complexity index is 1220. The summed E-state index contributed by atoms with van der Waals surface area (Å²) in [5, 5.41) is 12.5. The van der Waals surface area contributed by atoms with E-state index in [1.807, 2.05) is 13.0 Å². The molecule has 2 aliphatic rings. The van der Waals surface area contributed by atoms with Crippen LogP contribution >= 0.6 is 0 Å². The number of carbonyl (C=O) groups is 4. The van der Waals surface area contributed by atoms with Gasteiger partial charge in [-0.25, -0.2) is 9.40 Å². The highest BCUT2D eigenvalue weighted by Crippen LogP contribution is 2.38. The van der Waals surface area contributed by atoms with Crippen molar-refractivity contribution in [1.82, 2.24) is 10.0 Å². The molecule has 4 rings (SSSR count). The summed E-state index contributed by atoms with van der Waals surface area (Å²) in [4.78, 5) is 63.0. The SMILES string of the molecule is CC1=CC[C@@H]2C(=O)N(N(CC(=O)c3ccc(F)cc3)C(=O)c3ccc([N+](=O)[O-])cc3)C(=O)[C@@H]2C1. The highest BCUT2D eigenvalue weighted by atomic mass is 19.1. The van der Waals surface area contributed by atoms with Crippen LogP contribution in [-0.2, 0) is 9.59 Å². The van der Waals surface area contributed by atoms with Crippen molar-refractivity contribution in [2.24, 2.45) is 11.8 Å². The third kappa shape index (κ3) is 4.21. The molecule has 0 radical (unpaired) electrons. The van der Waals surface area contributed by atoms with Gasteiger partial charge in [0.2, 0.25) is 0 Å². The van der Waals surface area contributed by atoms with Crippen molar-refractivity contribution in [3.05, 3.63) is 87.2 Å². The minimum Gasteiger partial charge on any atom is -0.292 e. The largest absolute Gasteiger partial charge is 0.292 e. The number of allylic oxidation sites excluding steroid dienone is 2. The molecule has 34 heavy (non-hydrogen) atoms. The molecule has 2 aromatic rings. The number of ketones is 1. The zero-order valence-electron chi connectivity index (χ0n) is 18.1. The molecule has 9 nitrogen and oxygen atoms in total. The van der Waals surface area contributed by atoms with Crippen molar-refractivity contribution in [1.29, 1.82) is 0 Å². The first-order chi connectivity index (χ1) is 16.2. The Morgan fingerprint density at radius 3 is 2.24 bits per heavy atom. The number of fused-ring (bicyclic) bond motifs is 1. The van der Waals surface area contributed by atoms with E-state index in [9.17, 15) is 33.7 Å². The second-order valence-electron chi connectivity index (χ2n) is 8.29. The Balaban J connectivity index is 1.69. The maximum absolute atomic E-state index is 13.4. The molecule has 0 spiro atoms. The number of non-ortho nitro benzene ring substituents is 1. The van der Waals surface area contributed by atoms with Gasteiger partial charge >= 0.3 is 0 Å². The van der Waals surface area contributed by atoms with E-state index in [1.165, 1.54) is 24.3 Å². The fourth-order valence-electron chi connectivity index (χ4n) is 4.23. The Labute approximate surface area is 193 Å². The quantitative estimate of drug-likeness (QED) is 0.212. The van der Waals surface area contributed by atoms with Gasteiger partial charge in [-0.15, -0.1) is 0 Å². The summed E-state index contributed by atoms with van der Waals surface area (Å²) >= 11 is 0. The molecule has 1 saturated heterocycles. The van der Waals surface area contributed by atoms with E-state index >= 15 is 0 Å². The molecule has 1 aliphatic heterocycles. The van der Waals surface area contributed by atoms with Crippen LogP contribution in [0.25, 0.3) is 0 Å². The third-order valence-corrected chi connectivity index (χ3v) is 6.06. The summed E-state index contributed by atoms with van der Waals surface area (Å²) in [6.45, 7) is 1.21. The lowest BCUT2D eigenvalue weighted by Crippen LogP contribution is -2.52. The van der Waals surface area contributed by atoms with Gasteiger partial charge in [0.05, 0.1) is 16.8 Å². The minimum absolute atomic E-state index is 0.0396. The van der Waals surface area contributed by atoms with E-state index in [-0.39, 0.29) is 16.8 Å². The van der Waals surface area contributed by atoms with Gasteiger partial charge in [0.15, 0.2) is 5.78 Å². The van der Waals surface area contributed by atoms with Crippen LogP contribution in [0.3, 0.4) is 0 Å². The number of amides is 3. The summed E-state index contributed by atoms with van der Waals surface area (Å²) in [7, 11) is 0. The lowest BCUT2D eigenvalue weighted by molar-refractivity contribution is -0.384. The molecule has 10 heteroatoms. The Morgan fingerprint density at radius 1 is 1.03 bits per heavy atom. The van der Waals surface area contributed by atoms with E-state index in [0.717, 1.165) is 39.9 Å². The van der Waals surface area contributed by atoms with Gasteiger partial charge in [-0.1, -0.05) is 11.6 Å². The minimum atomic E-state index is -0.838. The first-order valence-electron chi connectivity index (χ1n) is 10.6. The van der Waals surface area contributed by atoms with Gasteiger partial charge in [0, 0.05) is 23.3 Å². The monoisotopic (exact) mass is 465 g/mol. The zero-order chi connectivity index (χ0) is 24.6. The van der Waals surface area contributed by atoms with E-state index < -0.39 is 52.6 Å². The number of benzene rings is 2. The van der Waals surface area contributed by atoms with Crippen molar-refractivity contribution in [3.63, 3.8) is 0 Å². The van der Waals surface area contributed by atoms with Crippen LogP contribution < -0.4 is 0 Å². The van der Waals surface area contributed by atoms with Crippen LogP contribution in [-0.4, -0.2) is 45.0 Å². The molecule has 0 bridgehead atoms. The number of rotatable bonds is 6. The number of nitro benzene ring substituents is 1. The van der Waals surface area contributed by atoms with Gasteiger partial charge in [-0.2, -0.15) is 5.01 Å². The molecule has 0 saturated carbocycles. The normalized spacial score (nSPS) is 19.5. The number of nitro groups is 1. The summed E-state index contributed by atoms with van der Waals surface area (Å²) in [5.74, 6) is -4.43. The van der Waals surface area contributed by atoms with E-state index in [4.69, 9.17) is 0 Å². The predicted molar refractivity (Wildman–Crippen MR) is 117 cm³/mol. The van der Waals surface area contributed by atoms with Gasteiger partial charge in [0.1, 0.15) is 12.4 Å². The first-order valence-corrected chi connectivity index (χ1v) is 10.6. The molecule has 2 atom stereocenters. The van der Waals surface area contributed by atoms with E-state index in [0.29, 0.717) is 12.8 Å². The number of nitrogens with zero attached hydrogens (tertiary/aromatic N) is 3. The zero-order valence-corrected chi connectivity index (χ0v) is 18.1. The van der Waals surface area contributed by atoms with Gasteiger partial charge in [-0.05, 0) is 56.2 Å².